The van der Waals surface area contributed by atoms with Crippen LogP contribution in [0.5, 0.6) is 5.75 Å². The first-order valence-electron chi connectivity index (χ1n) is 15.0. The topological polar surface area (TPSA) is 103 Å². The number of carbonyl (C=O) groups is 3. The zero-order chi connectivity index (χ0) is 31.7. The Morgan fingerprint density at radius 1 is 0.932 bits per heavy atom. The predicted molar refractivity (Wildman–Crippen MR) is 169 cm³/mol. The van der Waals surface area contributed by atoms with Crippen molar-refractivity contribution in [3.63, 3.8) is 0 Å². The van der Waals surface area contributed by atoms with Crippen molar-refractivity contribution >= 4 is 23.8 Å². The fraction of sp³-hybridized carbons (Fsp3) is 0.400. The summed E-state index contributed by atoms with van der Waals surface area (Å²) in [5, 5.41) is 2.58. The van der Waals surface area contributed by atoms with E-state index >= 15 is 0 Å². The number of fused-ring (bicyclic) bond motifs is 1. The third-order valence-electron chi connectivity index (χ3n) is 7.22. The van der Waals surface area contributed by atoms with Gasteiger partial charge in [-0.15, -0.1) is 0 Å². The Balaban J connectivity index is 1.33. The lowest BCUT2D eigenvalue weighted by molar-refractivity contribution is -0.154. The van der Waals surface area contributed by atoms with E-state index in [-0.39, 0.29) is 38.8 Å². The number of benzene rings is 3. The number of nitrogens with zero attached hydrogens (tertiary/aromatic N) is 1. The van der Waals surface area contributed by atoms with Crippen molar-refractivity contribution in [3.05, 3.63) is 82.9 Å². The fourth-order valence-corrected chi connectivity index (χ4v) is 5.01. The van der Waals surface area contributed by atoms with Crippen LogP contribution in [-0.2, 0) is 32.0 Å². The maximum absolute atomic E-state index is 13.1. The van der Waals surface area contributed by atoms with E-state index < -0.39 is 17.8 Å². The van der Waals surface area contributed by atoms with Gasteiger partial charge in [-0.2, -0.15) is 0 Å². The molecule has 0 atom stereocenters. The second-order valence-corrected chi connectivity index (χ2v) is 11.8. The molecule has 0 aromatic heterocycles. The smallest absolute Gasteiger partial charge is 0.414 e. The van der Waals surface area contributed by atoms with Crippen LogP contribution in [0.15, 0.2) is 60.7 Å². The molecule has 1 N–H and O–H groups in total. The quantitative estimate of drug-likeness (QED) is 0.153. The number of anilines is 1. The van der Waals surface area contributed by atoms with Crippen molar-refractivity contribution < 1.29 is 33.3 Å². The number of esters is 1. The van der Waals surface area contributed by atoms with Crippen molar-refractivity contribution in [2.45, 2.75) is 66.1 Å². The second-order valence-electron chi connectivity index (χ2n) is 11.8. The van der Waals surface area contributed by atoms with E-state index in [0.29, 0.717) is 6.54 Å². The van der Waals surface area contributed by atoms with Gasteiger partial charge < -0.3 is 24.3 Å². The van der Waals surface area contributed by atoms with Crippen molar-refractivity contribution in [2.75, 3.05) is 31.2 Å². The van der Waals surface area contributed by atoms with E-state index in [4.69, 9.17) is 18.9 Å². The van der Waals surface area contributed by atoms with E-state index in [1.54, 1.807) is 25.7 Å². The summed E-state index contributed by atoms with van der Waals surface area (Å²) in [6.07, 6.45) is 0.694. The molecule has 9 heteroatoms. The Kier molecular flexibility index (Phi) is 10.9. The number of rotatable bonds is 10. The maximum Gasteiger partial charge on any atom is 0.414 e. The molecule has 1 aliphatic heterocycles. The molecule has 0 bridgehead atoms. The van der Waals surface area contributed by atoms with Gasteiger partial charge in [-0.3, -0.25) is 9.69 Å². The molecule has 3 aromatic carbocycles. The zero-order valence-electron chi connectivity index (χ0n) is 26.2. The minimum atomic E-state index is -0.607. The zero-order valence-corrected chi connectivity index (χ0v) is 26.2. The molecule has 1 heterocycles. The molecule has 0 unspecified atom stereocenters. The number of aryl methyl sites for hydroxylation is 1. The fourth-order valence-electron chi connectivity index (χ4n) is 5.01. The summed E-state index contributed by atoms with van der Waals surface area (Å²) in [5.41, 5.74) is 6.35. The number of amides is 2. The summed E-state index contributed by atoms with van der Waals surface area (Å²) < 4.78 is 22.0. The monoisotopic (exact) mass is 602 g/mol. The number of carbonyl (C=O) groups excluding carboxylic acids is 3. The lowest BCUT2D eigenvalue weighted by atomic mass is 9.91. The molecule has 0 spiro atoms. The van der Waals surface area contributed by atoms with Gasteiger partial charge in [0.05, 0.1) is 12.1 Å². The van der Waals surface area contributed by atoms with Crippen molar-refractivity contribution in [1.82, 2.24) is 5.32 Å². The highest BCUT2D eigenvalue weighted by Gasteiger charge is 2.26. The average molecular weight is 603 g/mol. The molecule has 0 saturated carbocycles. The summed E-state index contributed by atoms with van der Waals surface area (Å²) in [5.74, 6) is 0.409. The largest absolute Gasteiger partial charge is 0.490 e. The molecular formula is C35H42N2O7. The molecule has 234 valence electrons. The Morgan fingerprint density at radius 2 is 1.70 bits per heavy atom. The van der Waals surface area contributed by atoms with Gasteiger partial charge in [-0.1, -0.05) is 42.5 Å². The Labute approximate surface area is 259 Å². The number of nitrogens with one attached hydrogen (secondary N) is 1. The van der Waals surface area contributed by atoms with Gasteiger partial charge in [0.1, 0.15) is 31.2 Å². The first kappa shape index (κ1) is 32.4. The predicted octanol–water partition coefficient (Wildman–Crippen LogP) is 6.90. The standard InChI is InChI=1S/C35H42N2O7/c1-24-10-6-16-31(25(24)2)41-20-21-42-34(40)37-19-9-14-29-28(13-8-15-30(29)37)27-12-7-11-26(22-27)23-43-33(39)36-18-17-32(38)44-35(3,4)5/h6-8,10-13,15-16,22H,9,14,17-21,23H2,1-5H3,(H,36,39). The molecule has 0 radical (unpaired) electrons. The summed E-state index contributed by atoms with van der Waals surface area (Å²) >= 11 is 0. The Morgan fingerprint density at radius 3 is 2.50 bits per heavy atom. The highest BCUT2D eigenvalue weighted by molar-refractivity contribution is 5.91. The molecule has 44 heavy (non-hydrogen) atoms. The average Bonchev–Trinajstić information content (AvgIpc) is 2.98. The normalized spacial score (nSPS) is 12.6. The minimum Gasteiger partial charge on any atom is -0.490 e. The summed E-state index contributed by atoms with van der Waals surface area (Å²) in [6, 6.07) is 19.6. The van der Waals surface area contributed by atoms with Crippen LogP contribution < -0.4 is 15.0 Å². The first-order chi connectivity index (χ1) is 21.0. The van der Waals surface area contributed by atoms with Gasteiger partial charge in [-0.05, 0) is 99.0 Å². The summed E-state index contributed by atoms with van der Waals surface area (Å²) in [6.45, 7) is 10.6. The summed E-state index contributed by atoms with van der Waals surface area (Å²) in [7, 11) is 0. The van der Waals surface area contributed by atoms with Gasteiger partial charge >= 0.3 is 18.2 Å². The lowest BCUT2D eigenvalue weighted by Crippen LogP contribution is -2.36. The molecule has 1 aliphatic rings. The first-order valence-corrected chi connectivity index (χ1v) is 15.0. The molecular weight excluding hydrogens is 560 g/mol. The maximum atomic E-state index is 13.1. The van der Waals surface area contributed by atoms with Crippen LogP contribution in [0.4, 0.5) is 15.3 Å². The van der Waals surface area contributed by atoms with Crippen molar-refractivity contribution in [1.29, 1.82) is 0 Å². The van der Waals surface area contributed by atoms with Crippen LogP contribution in [0.2, 0.25) is 0 Å². The van der Waals surface area contributed by atoms with Crippen LogP contribution in [-0.4, -0.2) is 50.1 Å². The molecule has 0 aliphatic carbocycles. The van der Waals surface area contributed by atoms with E-state index in [1.165, 1.54) is 0 Å². The minimum absolute atomic E-state index is 0.0619. The van der Waals surface area contributed by atoms with E-state index in [1.807, 2.05) is 74.5 Å². The van der Waals surface area contributed by atoms with Gasteiger partial charge in [-0.25, -0.2) is 9.59 Å². The highest BCUT2D eigenvalue weighted by Crippen LogP contribution is 2.36. The number of alkyl carbamates (subject to hydrolysis) is 1. The van der Waals surface area contributed by atoms with Gasteiger partial charge in [0.15, 0.2) is 0 Å². The van der Waals surface area contributed by atoms with E-state index in [0.717, 1.165) is 57.7 Å². The van der Waals surface area contributed by atoms with Gasteiger partial charge in [0, 0.05) is 13.1 Å². The molecule has 9 nitrogen and oxygen atoms in total. The van der Waals surface area contributed by atoms with Crippen LogP contribution in [0.1, 0.15) is 55.9 Å². The van der Waals surface area contributed by atoms with Crippen molar-refractivity contribution in [2.24, 2.45) is 0 Å². The second kappa shape index (κ2) is 14.8. The number of hydrogen-bond donors (Lipinski definition) is 1. The third kappa shape index (κ3) is 8.99. The van der Waals surface area contributed by atoms with E-state index in [2.05, 4.69) is 5.32 Å². The van der Waals surface area contributed by atoms with E-state index in [9.17, 15) is 14.4 Å². The molecule has 4 rings (SSSR count). The number of hydrogen-bond acceptors (Lipinski definition) is 7. The van der Waals surface area contributed by atoms with Crippen LogP contribution in [0.3, 0.4) is 0 Å². The molecule has 0 saturated heterocycles. The Hall–Kier alpha value is -4.53. The Bertz CT molecular complexity index is 1480. The lowest BCUT2D eigenvalue weighted by Gasteiger charge is -2.30. The van der Waals surface area contributed by atoms with Crippen LogP contribution >= 0.6 is 0 Å². The molecule has 3 aromatic rings. The summed E-state index contributed by atoms with van der Waals surface area (Å²) in [4.78, 5) is 38.8. The molecule has 2 amide bonds. The molecule has 0 fully saturated rings. The SMILES string of the molecule is Cc1cccc(OCCOC(=O)N2CCCc3c(-c4cccc(COC(=O)NCCC(=O)OC(C)(C)C)c4)cccc32)c1C. The van der Waals surface area contributed by atoms with Crippen molar-refractivity contribution in [3.8, 4) is 16.9 Å². The highest BCUT2D eigenvalue weighted by atomic mass is 16.6. The number of ether oxygens (including phenoxy) is 4. The van der Waals surface area contributed by atoms with Crippen LogP contribution in [0.25, 0.3) is 11.1 Å². The van der Waals surface area contributed by atoms with Gasteiger partial charge in [0.2, 0.25) is 0 Å². The van der Waals surface area contributed by atoms with Crippen LogP contribution in [0, 0.1) is 13.8 Å². The third-order valence-corrected chi connectivity index (χ3v) is 7.22. The van der Waals surface area contributed by atoms with Gasteiger partial charge in [0.25, 0.3) is 0 Å².